The summed E-state index contributed by atoms with van der Waals surface area (Å²) >= 11 is 1.35. The fourth-order valence-corrected chi connectivity index (χ4v) is 3.49. The van der Waals surface area contributed by atoms with Crippen molar-refractivity contribution < 1.29 is 4.79 Å². The highest BCUT2D eigenvalue weighted by molar-refractivity contribution is 7.17. The van der Waals surface area contributed by atoms with Gasteiger partial charge >= 0.3 is 0 Å². The number of nitrogens with zero attached hydrogens (tertiary/aromatic N) is 4. The highest BCUT2D eigenvalue weighted by atomic mass is 32.1. The lowest BCUT2D eigenvalue weighted by Gasteiger charge is -2.01. The zero-order valence-electron chi connectivity index (χ0n) is 13.5. The minimum atomic E-state index is -0.144. The molecule has 7 heteroatoms. The molecule has 0 aliphatic rings. The van der Waals surface area contributed by atoms with E-state index in [2.05, 4.69) is 20.3 Å². The second kappa shape index (κ2) is 6.45. The van der Waals surface area contributed by atoms with Gasteiger partial charge in [0.25, 0.3) is 5.91 Å². The molecule has 0 saturated heterocycles. The first kappa shape index (κ1) is 15.5. The Labute approximate surface area is 148 Å². The first-order valence-corrected chi connectivity index (χ1v) is 8.62. The van der Waals surface area contributed by atoms with Crippen LogP contribution in [0.1, 0.15) is 21.1 Å². The number of aromatic nitrogens is 4. The van der Waals surface area contributed by atoms with Crippen molar-refractivity contribution in [2.45, 2.75) is 13.5 Å². The molecule has 124 valence electrons. The fourth-order valence-electron chi connectivity index (χ4n) is 2.53. The highest BCUT2D eigenvalue weighted by Gasteiger charge is 2.16. The maximum absolute atomic E-state index is 12.5. The minimum Gasteiger partial charge on any atom is -0.346 e. The lowest BCUT2D eigenvalue weighted by molar-refractivity contribution is 0.0953. The van der Waals surface area contributed by atoms with E-state index in [0.717, 1.165) is 22.0 Å². The second-order valence-electron chi connectivity index (χ2n) is 5.53. The summed E-state index contributed by atoms with van der Waals surface area (Å²) in [6, 6.07) is 11.4. The molecule has 4 aromatic rings. The van der Waals surface area contributed by atoms with Crippen LogP contribution in [0.15, 0.2) is 55.0 Å². The molecule has 1 N–H and O–H groups in total. The Balaban J connectivity index is 1.50. The fraction of sp³-hybridized carbons (Fsp3) is 0.111. The zero-order valence-corrected chi connectivity index (χ0v) is 14.3. The van der Waals surface area contributed by atoms with Crippen LogP contribution in [0.25, 0.3) is 16.3 Å². The van der Waals surface area contributed by atoms with Crippen molar-refractivity contribution >= 4 is 22.9 Å². The molecule has 25 heavy (non-hydrogen) atoms. The third-order valence-electron chi connectivity index (χ3n) is 3.73. The summed E-state index contributed by atoms with van der Waals surface area (Å²) in [5, 5.41) is 3.66. The van der Waals surface area contributed by atoms with Crippen LogP contribution in [-0.4, -0.2) is 25.3 Å². The van der Waals surface area contributed by atoms with Gasteiger partial charge in [0, 0.05) is 18.6 Å². The van der Waals surface area contributed by atoms with Crippen LogP contribution in [0.5, 0.6) is 0 Å². The number of thiazole rings is 1. The van der Waals surface area contributed by atoms with Gasteiger partial charge in [0.15, 0.2) is 0 Å². The van der Waals surface area contributed by atoms with Crippen molar-refractivity contribution in [3.63, 3.8) is 0 Å². The molecule has 0 atom stereocenters. The van der Waals surface area contributed by atoms with Crippen LogP contribution in [0.4, 0.5) is 0 Å². The standard InChI is InChI=1S/C18H15N5OS/c1-12-16(25-18(21-12)14-6-2-4-8-19-14)17(24)20-10-13-11-23-9-5-3-7-15(23)22-13/h2-9,11H,10H2,1H3,(H,20,24). The highest BCUT2D eigenvalue weighted by Crippen LogP contribution is 2.26. The summed E-state index contributed by atoms with van der Waals surface area (Å²) in [5.74, 6) is -0.144. The first-order chi connectivity index (χ1) is 12.2. The van der Waals surface area contributed by atoms with Crippen LogP contribution < -0.4 is 5.32 Å². The molecule has 1 amide bonds. The third-order valence-corrected chi connectivity index (χ3v) is 4.91. The third kappa shape index (κ3) is 3.14. The Morgan fingerprint density at radius 1 is 1.20 bits per heavy atom. The molecule has 4 rings (SSSR count). The van der Waals surface area contributed by atoms with E-state index in [0.29, 0.717) is 17.1 Å². The van der Waals surface area contributed by atoms with Crippen molar-refractivity contribution in [2.24, 2.45) is 0 Å². The Hall–Kier alpha value is -3.06. The summed E-state index contributed by atoms with van der Waals surface area (Å²) in [4.78, 5) is 26.3. The first-order valence-electron chi connectivity index (χ1n) is 7.80. The van der Waals surface area contributed by atoms with E-state index in [1.807, 2.05) is 60.1 Å². The smallest absolute Gasteiger partial charge is 0.263 e. The number of aryl methyl sites for hydroxylation is 1. The number of nitrogens with one attached hydrogen (secondary N) is 1. The second-order valence-corrected chi connectivity index (χ2v) is 6.53. The van der Waals surface area contributed by atoms with Crippen molar-refractivity contribution in [2.75, 3.05) is 0 Å². The average molecular weight is 349 g/mol. The van der Waals surface area contributed by atoms with Gasteiger partial charge in [-0.1, -0.05) is 12.1 Å². The summed E-state index contributed by atoms with van der Waals surface area (Å²) in [7, 11) is 0. The normalized spacial score (nSPS) is 10.9. The number of fused-ring (bicyclic) bond motifs is 1. The number of carbonyl (C=O) groups is 1. The SMILES string of the molecule is Cc1nc(-c2ccccn2)sc1C(=O)NCc1cn2ccccc2n1. The van der Waals surface area contributed by atoms with Crippen LogP contribution in [0.3, 0.4) is 0 Å². The van der Waals surface area contributed by atoms with E-state index in [-0.39, 0.29) is 5.91 Å². The van der Waals surface area contributed by atoms with Crippen molar-refractivity contribution in [3.05, 3.63) is 71.3 Å². The molecule has 0 bridgehead atoms. The number of rotatable bonds is 4. The molecule has 0 unspecified atom stereocenters. The Morgan fingerprint density at radius 2 is 2.08 bits per heavy atom. The number of amides is 1. The predicted molar refractivity (Wildman–Crippen MR) is 96.4 cm³/mol. The van der Waals surface area contributed by atoms with Crippen molar-refractivity contribution in [1.82, 2.24) is 24.7 Å². The molecule has 0 radical (unpaired) electrons. The molecule has 0 aliphatic heterocycles. The number of pyridine rings is 2. The summed E-state index contributed by atoms with van der Waals surface area (Å²) < 4.78 is 1.93. The Bertz CT molecular complexity index is 1010. The molecule has 0 aromatic carbocycles. The van der Waals surface area contributed by atoms with Crippen LogP contribution in [0.2, 0.25) is 0 Å². The molecule has 4 heterocycles. The summed E-state index contributed by atoms with van der Waals surface area (Å²) in [6.45, 7) is 2.21. The van der Waals surface area contributed by atoms with E-state index in [9.17, 15) is 4.79 Å². The molecular weight excluding hydrogens is 334 g/mol. The molecule has 0 saturated carbocycles. The van der Waals surface area contributed by atoms with Gasteiger partial charge in [-0.2, -0.15) is 0 Å². The molecular formula is C18H15N5OS. The topological polar surface area (TPSA) is 72.2 Å². The number of hydrogen-bond donors (Lipinski definition) is 1. The van der Waals surface area contributed by atoms with E-state index in [1.54, 1.807) is 6.20 Å². The molecule has 0 aliphatic carbocycles. The van der Waals surface area contributed by atoms with Gasteiger partial charge < -0.3 is 9.72 Å². The van der Waals surface area contributed by atoms with E-state index < -0.39 is 0 Å². The molecule has 0 spiro atoms. The van der Waals surface area contributed by atoms with Gasteiger partial charge in [-0.25, -0.2) is 9.97 Å². The lowest BCUT2D eigenvalue weighted by Crippen LogP contribution is -2.22. The van der Waals surface area contributed by atoms with E-state index >= 15 is 0 Å². The average Bonchev–Trinajstić information content (AvgIpc) is 3.23. The summed E-state index contributed by atoms with van der Waals surface area (Å²) in [6.07, 6.45) is 5.56. The van der Waals surface area contributed by atoms with E-state index in [4.69, 9.17) is 0 Å². The molecule has 4 aromatic heterocycles. The maximum Gasteiger partial charge on any atom is 0.263 e. The van der Waals surface area contributed by atoms with Crippen molar-refractivity contribution in [3.8, 4) is 10.7 Å². The van der Waals surface area contributed by atoms with Crippen LogP contribution >= 0.6 is 11.3 Å². The number of hydrogen-bond acceptors (Lipinski definition) is 5. The van der Waals surface area contributed by atoms with Gasteiger partial charge in [-0.15, -0.1) is 11.3 Å². The van der Waals surface area contributed by atoms with Crippen LogP contribution in [-0.2, 0) is 6.54 Å². The minimum absolute atomic E-state index is 0.144. The summed E-state index contributed by atoms with van der Waals surface area (Å²) in [5.41, 5.74) is 3.15. The van der Waals surface area contributed by atoms with Gasteiger partial charge in [0.05, 0.1) is 23.6 Å². The quantitative estimate of drug-likeness (QED) is 0.614. The largest absolute Gasteiger partial charge is 0.346 e. The van der Waals surface area contributed by atoms with E-state index in [1.165, 1.54) is 11.3 Å². The Morgan fingerprint density at radius 3 is 2.88 bits per heavy atom. The van der Waals surface area contributed by atoms with Gasteiger partial charge in [-0.05, 0) is 31.2 Å². The maximum atomic E-state index is 12.5. The lowest BCUT2D eigenvalue weighted by atomic mass is 10.3. The van der Waals surface area contributed by atoms with Crippen molar-refractivity contribution in [1.29, 1.82) is 0 Å². The molecule has 0 fully saturated rings. The van der Waals surface area contributed by atoms with Gasteiger partial charge in [-0.3, -0.25) is 9.78 Å². The van der Waals surface area contributed by atoms with Crippen LogP contribution in [0, 0.1) is 6.92 Å². The number of imidazole rings is 1. The Kier molecular flexibility index (Phi) is 3.99. The van der Waals surface area contributed by atoms with Gasteiger partial charge in [0.2, 0.25) is 0 Å². The zero-order chi connectivity index (χ0) is 17.2. The number of carbonyl (C=O) groups excluding carboxylic acids is 1. The predicted octanol–water partition coefficient (Wildman–Crippen LogP) is 3.09. The van der Waals surface area contributed by atoms with Gasteiger partial charge in [0.1, 0.15) is 15.5 Å². The monoisotopic (exact) mass is 349 g/mol. The molecule has 6 nitrogen and oxygen atoms in total.